The van der Waals surface area contributed by atoms with E-state index in [1.807, 2.05) is 0 Å². The number of halogens is 2. The second kappa shape index (κ2) is 6.35. The first kappa shape index (κ1) is 14.8. The molecule has 0 fully saturated rings. The van der Waals surface area contributed by atoms with Gasteiger partial charge in [-0.3, -0.25) is 4.79 Å². The molecule has 116 valence electrons. The van der Waals surface area contributed by atoms with Crippen molar-refractivity contribution >= 4 is 6.29 Å². The smallest absolute Gasteiger partial charge is 0.264 e. The first-order chi connectivity index (χ1) is 11.2. The van der Waals surface area contributed by atoms with E-state index in [1.54, 1.807) is 24.3 Å². The monoisotopic (exact) mass is 316 g/mol. The molecule has 0 bridgehead atoms. The zero-order chi connectivity index (χ0) is 16.2. The number of hydrogen-bond acceptors (Lipinski definition) is 5. The highest BCUT2D eigenvalue weighted by Crippen LogP contribution is 2.23. The largest absolute Gasteiger partial charge is 0.484 e. The summed E-state index contributed by atoms with van der Waals surface area (Å²) in [4.78, 5) is 14.5. The Morgan fingerprint density at radius 2 is 1.78 bits per heavy atom. The lowest BCUT2D eigenvalue weighted by molar-refractivity contribution is 0.112. The summed E-state index contributed by atoms with van der Waals surface area (Å²) in [7, 11) is 0. The molecule has 0 amide bonds. The van der Waals surface area contributed by atoms with Gasteiger partial charge in [-0.15, -0.1) is 0 Å². The average Bonchev–Trinajstić information content (AvgIpc) is 3.02. The maximum absolute atomic E-state index is 13.6. The molecular weight excluding hydrogens is 306 g/mol. The molecule has 3 aromatic rings. The number of ether oxygens (including phenoxy) is 1. The van der Waals surface area contributed by atoms with Crippen molar-refractivity contribution in [3.05, 3.63) is 65.6 Å². The predicted octanol–water partition coefficient (Wildman–Crippen LogP) is 3.41. The van der Waals surface area contributed by atoms with Gasteiger partial charge >= 0.3 is 0 Å². The average molecular weight is 316 g/mol. The van der Waals surface area contributed by atoms with Crippen LogP contribution < -0.4 is 4.74 Å². The van der Waals surface area contributed by atoms with Crippen LogP contribution in [0, 0.1) is 11.6 Å². The quantitative estimate of drug-likeness (QED) is 0.675. The summed E-state index contributed by atoms with van der Waals surface area (Å²) in [5, 5.41) is 3.56. The van der Waals surface area contributed by atoms with Gasteiger partial charge in [0.25, 0.3) is 5.89 Å². The van der Waals surface area contributed by atoms with Gasteiger partial charge in [-0.05, 0) is 36.4 Å². The minimum absolute atomic E-state index is 0.0660. The molecule has 2 aromatic carbocycles. The summed E-state index contributed by atoms with van der Waals surface area (Å²) < 4.78 is 37.6. The van der Waals surface area contributed by atoms with E-state index in [4.69, 9.17) is 9.26 Å². The Morgan fingerprint density at radius 3 is 2.43 bits per heavy atom. The van der Waals surface area contributed by atoms with Crippen LogP contribution in [-0.2, 0) is 6.61 Å². The summed E-state index contributed by atoms with van der Waals surface area (Å²) in [6.07, 6.45) is 0.719. The lowest BCUT2D eigenvalue weighted by atomic mass is 10.2. The molecular formula is C16H10F2N2O3. The van der Waals surface area contributed by atoms with Crippen LogP contribution in [0.15, 0.2) is 47.0 Å². The van der Waals surface area contributed by atoms with Crippen LogP contribution in [-0.4, -0.2) is 16.4 Å². The van der Waals surface area contributed by atoms with Crippen molar-refractivity contribution in [2.24, 2.45) is 0 Å². The van der Waals surface area contributed by atoms with Crippen LogP contribution in [0.2, 0.25) is 0 Å². The minimum Gasteiger partial charge on any atom is -0.484 e. The Bertz CT molecular complexity index is 811. The maximum Gasteiger partial charge on any atom is 0.264 e. The Morgan fingerprint density at radius 1 is 1.09 bits per heavy atom. The Hall–Kier alpha value is -3.09. The second-order valence-electron chi connectivity index (χ2n) is 4.58. The van der Waals surface area contributed by atoms with Crippen LogP contribution >= 0.6 is 0 Å². The van der Waals surface area contributed by atoms with Crippen molar-refractivity contribution in [2.45, 2.75) is 6.61 Å². The lowest BCUT2D eigenvalue weighted by Gasteiger charge is -2.02. The van der Waals surface area contributed by atoms with E-state index in [9.17, 15) is 13.6 Å². The zero-order valence-corrected chi connectivity index (χ0v) is 11.7. The van der Waals surface area contributed by atoms with Gasteiger partial charge in [0, 0.05) is 5.56 Å². The van der Waals surface area contributed by atoms with Crippen molar-refractivity contribution in [3.8, 4) is 17.1 Å². The maximum atomic E-state index is 13.6. The number of benzene rings is 2. The Kier molecular flexibility index (Phi) is 4.09. The molecule has 0 saturated carbocycles. The number of hydrogen-bond donors (Lipinski definition) is 0. The molecule has 0 unspecified atom stereocenters. The predicted molar refractivity (Wildman–Crippen MR) is 75.8 cm³/mol. The molecule has 0 spiro atoms. The molecule has 0 saturated heterocycles. The number of rotatable bonds is 5. The summed E-state index contributed by atoms with van der Waals surface area (Å²) in [5.41, 5.74) is 0.172. The number of nitrogens with zero attached hydrogens (tertiary/aromatic N) is 2. The normalized spacial score (nSPS) is 10.5. The van der Waals surface area contributed by atoms with Crippen molar-refractivity contribution < 1.29 is 22.8 Å². The zero-order valence-electron chi connectivity index (χ0n) is 11.7. The van der Waals surface area contributed by atoms with Crippen LogP contribution in [0.3, 0.4) is 0 Å². The van der Waals surface area contributed by atoms with E-state index >= 15 is 0 Å². The van der Waals surface area contributed by atoms with Gasteiger partial charge in [0.2, 0.25) is 5.82 Å². The van der Waals surface area contributed by atoms with Gasteiger partial charge in [-0.2, -0.15) is 4.98 Å². The summed E-state index contributed by atoms with van der Waals surface area (Å²) in [6, 6.07) is 9.88. The van der Waals surface area contributed by atoms with Crippen LogP contribution in [0.4, 0.5) is 8.78 Å². The summed E-state index contributed by atoms with van der Waals surface area (Å²) in [5.74, 6) is -1.17. The fourth-order valence-electron chi connectivity index (χ4n) is 1.91. The highest BCUT2D eigenvalue weighted by atomic mass is 19.1. The van der Waals surface area contributed by atoms with Gasteiger partial charge in [-0.25, -0.2) is 8.78 Å². The molecule has 1 heterocycles. The van der Waals surface area contributed by atoms with Crippen molar-refractivity contribution in [1.82, 2.24) is 10.1 Å². The van der Waals surface area contributed by atoms with Crippen molar-refractivity contribution in [2.75, 3.05) is 0 Å². The molecule has 5 nitrogen and oxygen atoms in total. The Balaban J connectivity index is 1.73. The molecule has 0 atom stereocenters. The van der Waals surface area contributed by atoms with E-state index in [2.05, 4.69) is 10.1 Å². The van der Waals surface area contributed by atoms with Gasteiger partial charge < -0.3 is 9.26 Å². The number of aromatic nitrogens is 2. The summed E-state index contributed by atoms with van der Waals surface area (Å²) >= 11 is 0. The molecule has 1 aromatic heterocycles. The molecule has 0 aliphatic heterocycles. The van der Waals surface area contributed by atoms with Gasteiger partial charge in [-0.1, -0.05) is 11.2 Å². The van der Waals surface area contributed by atoms with E-state index in [0.717, 1.165) is 18.4 Å². The van der Waals surface area contributed by atoms with Gasteiger partial charge in [0.05, 0.1) is 5.56 Å². The molecule has 0 aliphatic rings. The molecule has 0 radical (unpaired) electrons. The van der Waals surface area contributed by atoms with Gasteiger partial charge in [0.15, 0.2) is 6.61 Å². The van der Waals surface area contributed by atoms with Crippen LogP contribution in [0.1, 0.15) is 16.2 Å². The van der Waals surface area contributed by atoms with E-state index in [0.29, 0.717) is 11.3 Å². The van der Waals surface area contributed by atoms with Crippen molar-refractivity contribution in [1.29, 1.82) is 0 Å². The van der Waals surface area contributed by atoms with E-state index in [1.165, 1.54) is 6.07 Å². The minimum atomic E-state index is -0.775. The molecule has 0 N–H and O–H groups in total. The van der Waals surface area contributed by atoms with E-state index < -0.39 is 11.6 Å². The SMILES string of the molecule is O=Cc1ccc(OCc2nc(-c3c(F)cccc3F)no2)cc1. The third-order valence-corrected chi connectivity index (χ3v) is 3.03. The van der Waals surface area contributed by atoms with Gasteiger partial charge in [0.1, 0.15) is 23.7 Å². The third-order valence-electron chi connectivity index (χ3n) is 3.03. The summed E-state index contributed by atoms with van der Waals surface area (Å²) in [6.45, 7) is -0.0660. The molecule has 3 rings (SSSR count). The van der Waals surface area contributed by atoms with Crippen LogP contribution in [0.5, 0.6) is 5.75 Å². The fourth-order valence-corrected chi connectivity index (χ4v) is 1.91. The highest BCUT2D eigenvalue weighted by Gasteiger charge is 2.17. The number of carbonyl (C=O) groups excluding carboxylic acids is 1. The molecule has 7 heteroatoms. The number of aldehydes is 1. The van der Waals surface area contributed by atoms with Crippen molar-refractivity contribution in [3.63, 3.8) is 0 Å². The number of carbonyl (C=O) groups is 1. The fraction of sp³-hybridized carbons (Fsp3) is 0.0625. The highest BCUT2D eigenvalue weighted by molar-refractivity contribution is 5.74. The second-order valence-corrected chi connectivity index (χ2v) is 4.58. The molecule has 0 aliphatic carbocycles. The topological polar surface area (TPSA) is 65.2 Å². The molecule has 23 heavy (non-hydrogen) atoms. The Labute approximate surface area is 129 Å². The van der Waals surface area contributed by atoms with E-state index in [-0.39, 0.29) is 23.9 Å². The lowest BCUT2D eigenvalue weighted by Crippen LogP contribution is -1.96. The third kappa shape index (κ3) is 3.23. The standard InChI is InChI=1S/C16H10F2N2O3/c17-12-2-1-3-13(18)15(12)16-19-14(23-20-16)9-22-11-6-4-10(8-21)5-7-11/h1-8H,9H2. The van der Waals surface area contributed by atoms with Crippen LogP contribution in [0.25, 0.3) is 11.4 Å². The first-order valence-electron chi connectivity index (χ1n) is 6.62. The first-order valence-corrected chi connectivity index (χ1v) is 6.62.